The average molecular weight is 637 g/mol. The Morgan fingerprint density at radius 3 is 1.15 bits per heavy atom. The second kappa shape index (κ2) is 14.1. The average Bonchev–Trinajstić information content (AvgIpc) is 2.95. The van der Waals surface area contributed by atoms with Crippen molar-refractivity contribution in [2.45, 2.75) is 154 Å². The van der Waals surface area contributed by atoms with E-state index in [1.54, 1.807) is 0 Å². The maximum absolute atomic E-state index is 12.9. The minimum atomic E-state index is -0.376. The van der Waals surface area contributed by atoms with Gasteiger partial charge in [0.05, 0.1) is 12.8 Å². The highest BCUT2D eigenvalue weighted by Crippen LogP contribution is 2.43. The predicted octanol–water partition coefficient (Wildman–Crippen LogP) is 8.28. The second-order valence-electron chi connectivity index (χ2n) is 15.7. The molecule has 0 bridgehead atoms. The van der Waals surface area contributed by atoms with Crippen LogP contribution < -0.4 is 0 Å². The zero-order chi connectivity index (χ0) is 33.9. The number of hydrogen-bond donors (Lipinski definition) is 0. The van der Waals surface area contributed by atoms with Crippen LogP contribution in [0, 0.1) is 0 Å². The van der Waals surface area contributed by atoms with E-state index in [1.807, 2.05) is 36.4 Å². The van der Waals surface area contributed by atoms with Crippen molar-refractivity contribution in [3.63, 3.8) is 0 Å². The molecule has 254 valence electrons. The first-order valence-corrected chi connectivity index (χ1v) is 16.8. The highest BCUT2D eigenvalue weighted by Gasteiger charge is 2.50. The third kappa shape index (κ3) is 8.97. The van der Waals surface area contributed by atoms with E-state index in [9.17, 15) is 9.59 Å². The fourth-order valence-corrected chi connectivity index (χ4v) is 7.66. The standard InChI is InChI=1S/C38H56N2O6/c1-27(29-17-13-11-14-18-29)45-39-35(3,4)23-31(24-36(39,5)6)43-33(41)21-22-34(42)44-32-25-37(7,8)40(38(9,10)26-32)46-28(2)30-19-15-12-16-20-30/h11-20,27-28,31-32H,21-26H2,1-10H3. The molecule has 2 aromatic rings. The van der Waals surface area contributed by atoms with Crippen LogP contribution in [0.4, 0.5) is 0 Å². The molecule has 2 heterocycles. The molecule has 0 radical (unpaired) electrons. The van der Waals surface area contributed by atoms with Gasteiger partial charge < -0.3 is 9.47 Å². The Balaban J connectivity index is 1.26. The maximum Gasteiger partial charge on any atom is 0.306 e. The minimum Gasteiger partial charge on any atom is -0.462 e. The van der Waals surface area contributed by atoms with Gasteiger partial charge in [0.1, 0.15) is 24.4 Å². The number of esters is 2. The molecule has 0 amide bonds. The molecular weight excluding hydrogens is 580 g/mol. The molecule has 2 atom stereocenters. The molecule has 2 aliphatic heterocycles. The number of piperidine rings is 2. The van der Waals surface area contributed by atoms with Gasteiger partial charge in [-0.1, -0.05) is 60.7 Å². The Labute approximate surface area is 276 Å². The first kappa shape index (κ1) is 36.1. The van der Waals surface area contributed by atoms with Crippen LogP contribution in [0.3, 0.4) is 0 Å². The van der Waals surface area contributed by atoms with Crippen molar-refractivity contribution in [3.05, 3.63) is 71.8 Å². The van der Waals surface area contributed by atoms with Crippen molar-refractivity contribution in [2.24, 2.45) is 0 Å². The highest BCUT2D eigenvalue weighted by atomic mass is 16.7. The molecular formula is C38H56N2O6. The number of carbonyl (C=O) groups excluding carboxylic acids is 2. The zero-order valence-corrected chi connectivity index (χ0v) is 29.7. The van der Waals surface area contributed by atoms with Crippen LogP contribution in [0.5, 0.6) is 0 Å². The Morgan fingerprint density at radius 2 is 0.870 bits per heavy atom. The normalized spacial score (nSPS) is 22.9. The van der Waals surface area contributed by atoms with E-state index in [0.29, 0.717) is 25.7 Å². The first-order chi connectivity index (χ1) is 21.4. The Hall–Kier alpha value is -2.78. The molecule has 2 aliphatic rings. The lowest BCUT2D eigenvalue weighted by molar-refractivity contribution is -0.314. The molecule has 2 unspecified atom stereocenters. The summed E-state index contributed by atoms with van der Waals surface area (Å²) in [6, 6.07) is 20.3. The highest BCUT2D eigenvalue weighted by molar-refractivity contribution is 5.77. The van der Waals surface area contributed by atoms with Gasteiger partial charge in [-0.15, -0.1) is 0 Å². The summed E-state index contributed by atoms with van der Waals surface area (Å²) in [7, 11) is 0. The van der Waals surface area contributed by atoms with Gasteiger partial charge in [0, 0.05) is 47.8 Å². The molecule has 0 spiro atoms. The topological polar surface area (TPSA) is 77.5 Å². The molecule has 8 nitrogen and oxygen atoms in total. The van der Waals surface area contributed by atoms with Gasteiger partial charge in [-0.3, -0.25) is 19.3 Å². The summed E-state index contributed by atoms with van der Waals surface area (Å²) >= 11 is 0. The van der Waals surface area contributed by atoms with Crippen LogP contribution in [0.2, 0.25) is 0 Å². The summed E-state index contributed by atoms with van der Waals surface area (Å²) in [4.78, 5) is 38.9. The van der Waals surface area contributed by atoms with E-state index < -0.39 is 0 Å². The third-order valence-corrected chi connectivity index (χ3v) is 9.30. The molecule has 0 aromatic heterocycles. The Bertz CT molecular complexity index is 1170. The van der Waals surface area contributed by atoms with E-state index in [0.717, 1.165) is 11.1 Å². The Kier molecular flexibility index (Phi) is 11.1. The van der Waals surface area contributed by atoms with E-state index in [1.165, 1.54) is 0 Å². The van der Waals surface area contributed by atoms with E-state index >= 15 is 0 Å². The van der Waals surface area contributed by atoms with Gasteiger partial charge in [0.15, 0.2) is 0 Å². The van der Waals surface area contributed by atoms with Gasteiger partial charge in [-0.05, 0) is 80.4 Å². The van der Waals surface area contributed by atoms with E-state index in [4.69, 9.17) is 19.1 Å². The number of nitrogens with zero attached hydrogens (tertiary/aromatic N) is 2. The van der Waals surface area contributed by atoms with Gasteiger partial charge in [-0.2, -0.15) is 10.1 Å². The van der Waals surface area contributed by atoms with Crippen LogP contribution >= 0.6 is 0 Å². The first-order valence-electron chi connectivity index (χ1n) is 16.8. The van der Waals surface area contributed by atoms with Crippen LogP contribution in [0.15, 0.2) is 60.7 Å². The second-order valence-corrected chi connectivity index (χ2v) is 15.7. The lowest BCUT2D eigenvalue weighted by Gasteiger charge is -2.54. The van der Waals surface area contributed by atoms with Gasteiger partial charge >= 0.3 is 11.9 Å². The molecule has 4 rings (SSSR count). The number of carbonyl (C=O) groups is 2. The summed E-state index contributed by atoms with van der Waals surface area (Å²) in [5.74, 6) is -0.751. The summed E-state index contributed by atoms with van der Waals surface area (Å²) in [6.07, 6.45) is 1.72. The number of hydrogen-bond acceptors (Lipinski definition) is 8. The summed E-state index contributed by atoms with van der Waals surface area (Å²) in [5.41, 5.74) is 0.742. The molecule has 0 saturated carbocycles. The van der Waals surface area contributed by atoms with Crippen molar-refractivity contribution in [1.29, 1.82) is 0 Å². The fraction of sp³-hybridized carbons (Fsp3) is 0.632. The SMILES string of the molecule is CC(ON1C(C)(C)CC(OC(=O)CCC(=O)OC2CC(C)(C)N(OC(C)c3ccccc3)C(C)(C)C2)CC1(C)C)c1ccccc1. The summed E-state index contributed by atoms with van der Waals surface area (Å²) in [6.45, 7) is 21.0. The lowest BCUT2D eigenvalue weighted by atomic mass is 9.80. The molecule has 2 fully saturated rings. The Morgan fingerprint density at radius 1 is 0.587 bits per heavy atom. The summed E-state index contributed by atoms with van der Waals surface area (Å²) in [5, 5.41) is 4.14. The van der Waals surface area contributed by atoms with Crippen molar-refractivity contribution in [2.75, 3.05) is 0 Å². The van der Waals surface area contributed by atoms with Gasteiger partial charge in [0.2, 0.25) is 0 Å². The van der Waals surface area contributed by atoms with Gasteiger partial charge in [0.25, 0.3) is 0 Å². The molecule has 8 heteroatoms. The molecule has 0 N–H and O–H groups in total. The van der Waals surface area contributed by atoms with Crippen molar-refractivity contribution in [3.8, 4) is 0 Å². The lowest BCUT2D eigenvalue weighted by Crippen LogP contribution is -2.62. The molecule has 2 aromatic carbocycles. The maximum atomic E-state index is 12.9. The van der Waals surface area contributed by atoms with Gasteiger partial charge in [-0.25, -0.2) is 0 Å². The number of rotatable bonds is 11. The predicted molar refractivity (Wildman–Crippen MR) is 179 cm³/mol. The minimum absolute atomic E-state index is 0.00915. The number of hydroxylamine groups is 4. The quantitative estimate of drug-likeness (QED) is 0.228. The van der Waals surface area contributed by atoms with E-state index in [-0.39, 0.29) is 71.4 Å². The summed E-state index contributed by atoms with van der Waals surface area (Å²) < 4.78 is 11.9. The monoisotopic (exact) mass is 636 g/mol. The fourth-order valence-electron chi connectivity index (χ4n) is 7.66. The number of benzene rings is 2. The molecule has 0 aliphatic carbocycles. The third-order valence-electron chi connectivity index (χ3n) is 9.30. The molecule has 46 heavy (non-hydrogen) atoms. The van der Waals surface area contributed by atoms with Crippen LogP contribution in [-0.2, 0) is 28.7 Å². The van der Waals surface area contributed by atoms with Crippen LogP contribution in [0.25, 0.3) is 0 Å². The zero-order valence-electron chi connectivity index (χ0n) is 29.7. The van der Waals surface area contributed by atoms with Crippen molar-refractivity contribution < 1.29 is 28.7 Å². The van der Waals surface area contributed by atoms with Crippen molar-refractivity contribution in [1.82, 2.24) is 10.1 Å². The number of ether oxygens (including phenoxy) is 2. The van der Waals surface area contributed by atoms with Crippen molar-refractivity contribution >= 4 is 11.9 Å². The largest absolute Gasteiger partial charge is 0.462 e. The molecule has 2 saturated heterocycles. The van der Waals surface area contributed by atoms with Crippen LogP contribution in [-0.4, -0.2) is 56.4 Å². The smallest absolute Gasteiger partial charge is 0.306 e. The van der Waals surface area contributed by atoms with E-state index in [2.05, 4.69) is 104 Å². The van der Waals surface area contributed by atoms with Crippen LogP contribution in [0.1, 0.15) is 131 Å².